The number of carbonyl (C=O) groups is 2. The van der Waals surface area contributed by atoms with Gasteiger partial charge >= 0.3 is 0 Å². The minimum absolute atomic E-state index is 0.0182. The molecule has 0 saturated carbocycles. The second kappa shape index (κ2) is 15.0. The predicted molar refractivity (Wildman–Crippen MR) is 148 cm³/mol. The van der Waals surface area contributed by atoms with Gasteiger partial charge in [-0.05, 0) is 53.3 Å². The zero-order chi connectivity index (χ0) is 27.3. The van der Waals surface area contributed by atoms with E-state index in [1.165, 1.54) is 0 Å². The van der Waals surface area contributed by atoms with Crippen LogP contribution < -0.4 is 14.2 Å². The van der Waals surface area contributed by atoms with Crippen LogP contribution in [0.2, 0.25) is 0 Å². The number of ether oxygens (including phenoxy) is 4. The third-order valence-corrected chi connectivity index (χ3v) is 7.02. The quantitative estimate of drug-likeness (QED) is 0.289. The molecule has 0 atom stereocenters. The zero-order valence-corrected chi connectivity index (χ0v) is 23.3. The molecule has 0 aliphatic heterocycles. The summed E-state index contributed by atoms with van der Waals surface area (Å²) in [6, 6.07) is 17.1. The van der Waals surface area contributed by atoms with Crippen LogP contribution in [0, 0.1) is 0 Å². The molecular formula is C29H36N2O6S. The number of benzene rings is 2. The molecule has 38 heavy (non-hydrogen) atoms. The van der Waals surface area contributed by atoms with Crippen molar-refractivity contribution in [2.24, 2.45) is 0 Å². The average molecular weight is 541 g/mol. The van der Waals surface area contributed by atoms with Crippen LogP contribution in [0.5, 0.6) is 17.2 Å². The fourth-order valence-electron chi connectivity index (χ4n) is 3.97. The lowest BCUT2D eigenvalue weighted by atomic mass is 10.1. The van der Waals surface area contributed by atoms with Gasteiger partial charge in [0.05, 0.1) is 47.4 Å². The summed E-state index contributed by atoms with van der Waals surface area (Å²) in [5.41, 5.74) is 1.88. The molecule has 1 heterocycles. The molecule has 3 rings (SSSR count). The van der Waals surface area contributed by atoms with E-state index in [9.17, 15) is 9.59 Å². The number of carbonyl (C=O) groups excluding carboxylic acids is 2. The van der Waals surface area contributed by atoms with Gasteiger partial charge in [0, 0.05) is 25.1 Å². The number of thiophene rings is 1. The molecule has 2 aromatic carbocycles. The summed E-state index contributed by atoms with van der Waals surface area (Å²) in [6.07, 6.45) is 0.826. The molecule has 0 aliphatic carbocycles. The molecule has 204 valence electrons. The third kappa shape index (κ3) is 8.49. The highest BCUT2D eigenvalue weighted by atomic mass is 32.1. The Morgan fingerprint density at radius 2 is 1.53 bits per heavy atom. The molecule has 0 N–H and O–H groups in total. The van der Waals surface area contributed by atoms with Gasteiger partial charge in [0.25, 0.3) is 0 Å². The normalized spacial score (nSPS) is 10.6. The molecule has 0 unspecified atom stereocenters. The topological polar surface area (TPSA) is 77.5 Å². The SMILES string of the molecule is COCCN(CC(=O)N(CCc1ccc(OC)c(OC)c1)Cc1cccs1)C(=O)Cc1ccc(OC)cc1. The molecule has 0 spiro atoms. The minimum Gasteiger partial charge on any atom is -0.497 e. The Morgan fingerprint density at radius 3 is 2.16 bits per heavy atom. The van der Waals surface area contributed by atoms with Crippen LogP contribution in [0.25, 0.3) is 0 Å². The fraction of sp³-hybridized carbons (Fsp3) is 0.379. The van der Waals surface area contributed by atoms with Crippen molar-refractivity contribution in [3.63, 3.8) is 0 Å². The first-order valence-electron chi connectivity index (χ1n) is 12.4. The van der Waals surface area contributed by atoms with E-state index in [1.54, 1.807) is 44.7 Å². The van der Waals surface area contributed by atoms with Gasteiger partial charge in [-0.25, -0.2) is 0 Å². The van der Waals surface area contributed by atoms with E-state index in [0.717, 1.165) is 21.8 Å². The maximum absolute atomic E-state index is 13.6. The number of methoxy groups -OCH3 is 4. The zero-order valence-electron chi connectivity index (χ0n) is 22.5. The van der Waals surface area contributed by atoms with Crippen molar-refractivity contribution in [1.29, 1.82) is 0 Å². The monoisotopic (exact) mass is 540 g/mol. The summed E-state index contributed by atoms with van der Waals surface area (Å²) in [5, 5.41) is 2.00. The number of hydrogen-bond donors (Lipinski definition) is 0. The molecule has 2 amide bonds. The van der Waals surface area contributed by atoms with Crippen molar-refractivity contribution in [2.45, 2.75) is 19.4 Å². The number of nitrogens with zero attached hydrogens (tertiary/aromatic N) is 2. The average Bonchev–Trinajstić information content (AvgIpc) is 3.46. The van der Waals surface area contributed by atoms with E-state index < -0.39 is 0 Å². The molecule has 0 radical (unpaired) electrons. The van der Waals surface area contributed by atoms with Gasteiger partial charge in [0.1, 0.15) is 5.75 Å². The summed E-state index contributed by atoms with van der Waals surface area (Å²) in [6.45, 7) is 1.64. The fourth-order valence-corrected chi connectivity index (χ4v) is 4.69. The molecule has 0 bridgehead atoms. The molecule has 8 nitrogen and oxygen atoms in total. The minimum atomic E-state index is -0.128. The van der Waals surface area contributed by atoms with E-state index in [4.69, 9.17) is 18.9 Å². The Bertz CT molecular complexity index is 1150. The first-order chi connectivity index (χ1) is 18.5. The second-order valence-electron chi connectivity index (χ2n) is 8.67. The highest BCUT2D eigenvalue weighted by Crippen LogP contribution is 2.28. The van der Waals surface area contributed by atoms with Gasteiger partial charge < -0.3 is 28.7 Å². The Hall–Kier alpha value is -3.56. The van der Waals surface area contributed by atoms with E-state index >= 15 is 0 Å². The van der Waals surface area contributed by atoms with Crippen LogP contribution in [-0.4, -0.2) is 76.3 Å². The first kappa shape index (κ1) is 29.0. The van der Waals surface area contributed by atoms with Crippen molar-refractivity contribution in [3.05, 3.63) is 76.0 Å². The van der Waals surface area contributed by atoms with Crippen LogP contribution in [-0.2, 0) is 33.7 Å². The van der Waals surface area contributed by atoms with Gasteiger partial charge in [-0.15, -0.1) is 11.3 Å². The Kier molecular flexibility index (Phi) is 11.4. The maximum atomic E-state index is 13.6. The molecule has 0 fully saturated rings. The number of rotatable bonds is 15. The summed E-state index contributed by atoms with van der Waals surface area (Å²) < 4.78 is 21.2. The van der Waals surface area contributed by atoms with Crippen molar-refractivity contribution in [2.75, 3.05) is 54.7 Å². The van der Waals surface area contributed by atoms with Crippen LogP contribution in [0.1, 0.15) is 16.0 Å². The molecule has 0 saturated heterocycles. The second-order valence-corrected chi connectivity index (χ2v) is 9.70. The van der Waals surface area contributed by atoms with Gasteiger partial charge in [-0.2, -0.15) is 0 Å². The summed E-state index contributed by atoms with van der Waals surface area (Å²) in [5.74, 6) is 1.80. The van der Waals surface area contributed by atoms with E-state index in [2.05, 4.69) is 0 Å². The third-order valence-electron chi connectivity index (χ3n) is 6.16. The van der Waals surface area contributed by atoms with Crippen LogP contribution in [0.3, 0.4) is 0 Å². The molecule has 9 heteroatoms. The van der Waals surface area contributed by atoms with Gasteiger partial charge in [-0.1, -0.05) is 24.3 Å². The highest BCUT2D eigenvalue weighted by Gasteiger charge is 2.22. The lowest BCUT2D eigenvalue weighted by Gasteiger charge is -2.28. The Morgan fingerprint density at radius 1 is 0.789 bits per heavy atom. The summed E-state index contributed by atoms with van der Waals surface area (Å²) >= 11 is 1.60. The first-order valence-corrected chi connectivity index (χ1v) is 13.3. The standard InChI is InChI=1S/C29H36N2O6S/c1-34-16-15-31(28(32)19-22-7-10-24(35-2)11-8-22)21-29(33)30(20-25-6-5-17-38-25)14-13-23-9-12-26(36-3)27(18-23)37-4/h5-12,17-18H,13-16,19-21H2,1-4H3. The molecule has 0 aliphatic rings. The van der Waals surface area contributed by atoms with Crippen LogP contribution in [0.15, 0.2) is 60.0 Å². The van der Waals surface area contributed by atoms with Crippen molar-refractivity contribution in [1.82, 2.24) is 9.80 Å². The van der Waals surface area contributed by atoms with Crippen molar-refractivity contribution in [3.8, 4) is 17.2 Å². The molecule has 1 aromatic heterocycles. The van der Waals surface area contributed by atoms with Gasteiger partial charge in [0.2, 0.25) is 11.8 Å². The van der Waals surface area contributed by atoms with E-state index in [0.29, 0.717) is 44.2 Å². The highest BCUT2D eigenvalue weighted by molar-refractivity contribution is 7.09. The maximum Gasteiger partial charge on any atom is 0.242 e. The smallest absolute Gasteiger partial charge is 0.242 e. The summed E-state index contributed by atoms with van der Waals surface area (Å²) in [7, 11) is 6.39. The van der Waals surface area contributed by atoms with Crippen molar-refractivity contribution < 1.29 is 28.5 Å². The van der Waals surface area contributed by atoms with E-state index in [-0.39, 0.29) is 24.8 Å². The molecular weight excluding hydrogens is 504 g/mol. The predicted octanol–water partition coefficient (Wildman–Crippen LogP) is 4.06. The lowest BCUT2D eigenvalue weighted by molar-refractivity contribution is -0.141. The van der Waals surface area contributed by atoms with Gasteiger partial charge in [0.15, 0.2) is 11.5 Å². The Balaban J connectivity index is 1.72. The number of amides is 2. The number of hydrogen-bond acceptors (Lipinski definition) is 7. The van der Waals surface area contributed by atoms with Gasteiger partial charge in [-0.3, -0.25) is 9.59 Å². The lowest BCUT2D eigenvalue weighted by Crippen LogP contribution is -2.45. The summed E-state index contributed by atoms with van der Waals surface area (Å²) in [4.78, 5) is 31.2. The van der Waals surface area contributed by atoms with Crippen molar-refractivity contribution >= 4 is 23.2 Å². The Labute approximate surface area is 228 Å². The van der Waals surface area contributed by atoms with E-state index in [1.807, 2.05) is 64.9 Å². The van der Waals surface area contributed by atoms with Crippen LogP contribution in [0.4, 0.5) is 0 Å². The van der Waals surface area contributed by atoms with Crippen LogP contribution >= 0.6 is 11.3 Å². The largest absolute Gasteiger partial charge is 0.497 e. The molecule has 3 aromatic rings.